The van der Waals surface area contributed by atoms with Crippen LogP contribution in [0.25, 0.3) is 0 Å². The fraction of sp³-hybridized carbons (Fsp3) is 0.629. The van der Waals surface area contributed by atoms with Crippen molar-refractivity contribution in [2.24, 2.45) is 17.8 Å². The van der Waals surface area contributed by atoms with E-state index in [-0.39, 0.29) is 42.1 Å². The Morgan fingerprint density at radius 3 is 2.41 bits per heavy atom. The highest BCUT2D eigenvalue weighted by Crippen LogP contribution is 2.67. The fourth-order valence-electron chi connectivity index (χ4n) is 7.50. The Morgan fingerprint density at radius 2 is 1.82 bits per heavy atom. The van der Waals surface area contributed by atoms with Crippen LogP contribution in [0.3, 0.4) is 0 Å². The predicted molar refractivity (Wildman–Crippen MR) is 179 cm³/mol. The number of esters is 1. The number of benzene rings is 1. The Morgan fingerprint density at radius 1 is 1.14 bits per heavy atom. The summed E-state index contributed by atoms with van der Waals surface area (Å²) < 4.78 is 4.99. The summed E-state index contributed by atoms with van der Waals surface area (Å²) in [5.41, 5.74) is 1.81. The number of carbonyl (C=O) groups excluding carboxylic acids is 3. The van der Waals surface area contributed by atoms with Gasteiger partial charge in [0, 0.05) is 36.3 Å². The average molecular weight is 626 g/mol. The molecule has 3 aliphatic heterocycles. The highest BCUT2D eigenvalue weighted by atomic mass is 32.2. The van der Waals surface area contributed by atoms with E-state index in [9.17, 15) is 19.5 Å². The Labute approximate surface area is 267 Å². The van der Waals surface area contributed by atoms with Gasteiger partial charge in [-0.3, -0.25) is 14.4 Å². The first-order chi connectivity index (χ1) is 21.2. The molecule has 0 saturated carbocycles. The molecule has 44 heavy (non-hydrogen) atoms. The van der Waals surface area contributed by atoms with E-state index < -0.39 is 28.7 Å². The van der Waals surface area contributed by atoms with Gasteiger partial charge in [0.15, 0.2) is 0 Å². The summed E-state index contributed by atoms with van der Waals surface area (Å²) >= 11 is 1.63. The largest absolute Gasteiger partial charge is 0.465 e. The van der Waals surface area contributed by atoms with Crippen molar-refractivity contribution < 1.29 is 24.2 Å². The number of nitrogens with zero attached hydrogens (tertiary/aromatic N) is 3. The molecule has 0 aliphatic carbocycles. The number of anilines is 2. The molecule has 9 heteroatoms. The third-order valence-corrected chi connectivity index (χ3v) is 12.0. The number of thioether (sulfide) groups is 1. The van der Waals surface area contributed by atoms with Crippen LogP contribution >= 0.6 is 11.8 Å². The molecule has 3 aliphatic rings. The Hall–Kier alpha value is -2.78. The van der Waals surface area contributed by atoms with E-state index in [1.165, 1.54) is 0 Å². The SMILES string of the molecule is C=CCCCCOC(=O)[C@@H]1[C@@H]2CCC3(S2)C(C(=O)N(CC=C)c2ccc(N(CC)CC)cc2)N([C@@H](CO)[C@@H](C)CC)C(=O)[C@H]13. The van der Waals surface area contributed by atoms with Gasteiger partial charge in [-0.25, -0.2) is 0 Å². The van der Waals surface area contributed by atoms with Gasteiger partial charge in [-0.2, -0.15) is 0 Å². The molecule has 1 N–H and O–H groups in total. The van der Waals surface area contributed by atoms with E-state index in [0.29, 0.717) is 13.0 Å². The second-order valence-corrected chi connectivity index (χ2v) is 13.9. The van der Waals surface area contributed by atoms with Crippen LogP contribution in [0, 0.1) is 17.8 Å². The molecule has 4 rings (SSSR count). The molecule has 3 heterocycles. The number of hydrogen-bond donors (Lipinski definition) is 1. The van der Waals surface area contributed by atoms with Crippen LogP contribution in [-0.4, -0.2) is 82.7 Å². The first kappa shape index (κ1) is 34.1. The van der Waals surface area contributed by atoms with E-state index in [4.69, 9.17) is 4.74 Å². The van der Waals surface area contributed by atoms with Gasteiger partial charge in [-0.15, -0.1) is 24.9 Å². The highest BCUT2D eigenvalue weighted by molar-refractivity contribution is 8.02. The van der Waals surface area contributed by atoms with Crippen LogP contribution in [0.2, 0.25) is 0 Å². The van der Waals surface area contributed by atoms with Gasteiger partial charge in [-0.1, -0.05) is 32.4 Å². The van der Waals surface area contributed by atoms with Crippen molar-refractivity contribution in [3.05, 3.63) is 49.6 Å². The van der Waals surface area contributed by atoms with E-state index in [1.54, 1.807) is 27.6 Å². The quantitative estimate of drug-likeness (QED) is 0.140. The molecule has 1 spiro atoms. The first-order valence-corrected chi connectivity index (χ1v) is 17.3. The Balaban J connectivity index is 1.72. The lowest BCUT2D eigenvalue weighted by atomic mass is 9.71. The molecule has 2 amide bonds. The summed E-state index contributed by atoms with van der Waals surface area (Å²) in [5, 5.41) is 10.6. The number of carbonyl (C=O) groups is 3. The number of aliphatic hydroxyl groups excluding tert-OH is 1. The van der Waals surface area contributed by atoms with Gasteiger partial charge in [0.25, 0.3) is 5.91 Å². The van der Waals surface area contributed by atoms with E-state index in [2.05, 4.69) is 31.9 Å². The summed E-state index contributed by atoms with van der Waals surface area (Å²) in [6.45, 7) is 18.0. The Kier molecular flexibility index (Phi) is 11.6. The second kappa shape index (κ2) is 15.0. The second-order valence-electron chi connectivity index (χ2n) is 12.3. The zero-order valence-electron chi connectivity index (χ0n) is 27.0. The zero-order chi connectivity index (χ0) is 32.0. The molecule has 3 saturated heterocycles. The molecule has 0 aromatic heterocycles. The van der Waals surface area contributed by atoms with Gasteiger partial charge in [0.2, 0.25) is 5.91 Å². The summed E-state index contributed by atoms with van der Waals surface area (Å²) in [5.74, 6) is -2.03. The molecule has 7 atom stereocenters. The molecule has 8 nitrogen and oxygen atoms in total. The van der Waals surface area contributed by atoms with Crippen LogP contribution in [0.4, 0.5) is 11.4 Å². The van der Waals surface area contributed by atoms with Gasteiger partial charge in [0.05, 0.1) is 35.8 Å². The van der Waals surface area contributed by atoms with Crippen molar-refractivity contribution in [2.45, 2.75) is 88.3 Å². The molecular weight excluding hydrogens is 574 g/mol. The van der Waals surface area contributed by atoms with Crippen molar-refractivity contribution >= 4 is 40.9 Å². The number of ether oxygens (including phenoxy) is 1. The van der Waals surface area contributed by atoms with Crippen molar-refractivity contribution in [3.8, 4) is 0 Å². The summed E-state index contributed by atoms with van der Waals surface area (Å²) in [7, 11) is 0. The maximum atomic E-state index is 14.9. The van der Waals surface area contributed by atoms with Gasteiger partial charge >= 0.3 is 5.97 Å². The van der Waals surface area contributed by atoms with Crippen molar-refractivity contribution in [1.29, 1.82) is 0 Å². The normalized spacial score (nSPS) is 26.7. The topological polar surface area (TPSA) is 90.4 Å². The van der Waals surface area contributed by atoms with E-state index in [1.807, 2.05) is 44.2 Å². The smallest absolute Gasteiger partial charge is 0.310 e. The molecule has 1 aromatic carbocycles. The highest BCUT2D eigenvalue weighted by Gasteiger charge is 2.75. The maximum absolute atomic E-state index is 14.9. The van der Waals surface area contributed by atoms with Gasteiger partial charge < -0.3 is 24.5 Å². The minimum Gasteiger partial charge on any atom is -0.465 e. The summed E-state index contributed by atoms with van der Waals surface area (Å²) in [6, 6.07) is 6.61. The van der Waals surface area contributed by atoms with Crippen molar-refractivity contribution in [1.82, 2.24) is 4.90 Å². The Bertz CT molecular complexity index is 1190. The van der Waals surface area contributed by atoms with Crippen LogP contribution in [0.5, 0.6) is 0 Å². The van der Waals surface area contributed by atoms with E-state index in [0.717, 1.165) is 56.6 Å². The van der Waals surface area contributed by atoms with Gasteiger partial charge in [-0.05, 0) is 76.1 Å². The van der Waals surface area contributed by atoms with Crippen LogP contribution in [0.15, 0.2) is 49.6 Å². The summed E-state index contributed by atoms with van der Waals surface area (Å²) in [4.78, 5) is 48.6. The number of likely N-dealkylation sites (tertiary alicyclic amines) is 1. The number of fused-ring (bicyclic) bond motifs is 1. The number of allylic oxidation sites excluding steroid dienone is 1. The third-order valence-electron chi connectivity index (χ3n) is 10.0. The minimum atomic E-state index is -0.811. The fourth-order valence-corrected chi connectivity index (χ4v) is 9.69. The number of unbranched alkanes of at least 4 members (excludes halogenated alkanes) is 2. The number of rotatable bonds is 17. The molecule has 1 aromatic rings. The molecule has 0 radical (unpaired) electrons. The standard InChI is InChI=1S/C35H51N3O5S/c1-7-12-13-14-22-43-34(42)29-28-19-20-35(44-28)30(29)32(40)38(27(23-39)24(6)9-3)31(35)33(41)37(21-8-2)26-17-15-25(16-18-26)36(10-4)11-5/h7-8,15-18,24,27-31,39H,1-2,9-14,19-23H2,3-6H3/t24-,27-,28-,29+,30-,31?,35?/m0/s1. The number of aliphatic hydroxyl groups is 1. The number of amides is 2. The lowest BCUT2D eigenvalue weighted by Crippen LogP contribution is -2.58. The predicted octanol–water partition coefficient (Wildman–Crippen LogP) is 5.45. The molecule has 2 unspecified atom stereocenters. The van der Waals surface area contributed by atoms with Crippen molar-refractivity contribution in [3.63, 3.8) is 0 Å². The van der Waals surface area contributed by atoms with Crippen LogP contribution < -0.4 is 9.80 Å². The third kappa shape index (κ3) is 6.19. The molecule has 2 bridgehead atoms. The van der Waals surface area contributed by atoms with Crippen molar-refractivity contribution in [2.75, 3.05) is 42.6 Å². The lowest BCUT2D eigenvalue weighted by molar-refractivity contribution is -0.155. The van der Waals surface area contributed by atoms with E-state index >= 15 is 0 Å². The minimum absolute atomic E-state index is 0.0341. The molecular formula is C35H51N3O5S. The van der Waals surface area contributed by atoms with Crippen LogP contribution in [-0.2, 0) is 19.1 Å². The molecule has 3 fully saturated rings. The molecule has 242 valence electrons. The van der Waals surface area contributed by atoms with Gasteiger partial charge in [0.1, 0.15) is 6.04 Å². The monoisotopic (exact) mass is 625 g/mol. The lowest BCUT2D eigenvalue weighted by Gasteiger charge is -2.41. The zero-order valence-corrected chi connectivity index (χ0v) is 27.8. The van der Waals surface area contributed by atoms with Crippen LogP contribution in [0.1, 0.15) is 66.2 Å². The summed E-state index contributed by atoms with van der Waals surface area (Å²) in [6.07, 6.45) is 8.19. The average Bonchev–Trinajstić information content (AvgIpc) is 3.68. The first-order valence-electron chi connectivity index (χ1n) is 16.4. The maximum Gasteiger partial charge on any atom is 0.310 e. The number of hydrogen-bond acceptors (Lipinski definition) is 7.